The third-order valence-corrected chi connectivity index (χ3v) is 6.68. The lowest BCUT2D eigenvalue weighted by Crippen LogP contribution is -2.21. The molecule has 1 N–H and O–H groups in total. The quantitative estimate of drug-likeness (QED) is 0.346. The van der Waals surface area contributed by atoms with Gasteiger partial charge in [0.2, 0.25) is 5.91 Å². The molecule has 0 unspecified atom stereocenters. The Morgan fingerprint density at radius 1 is 1.32 bits per heavy atom. The van der Waals surface area contributed by atoms with Gasteiger partial charge in [-0.05, 0) is 66.3 Å². The van der Waals surface area contributed by atoms with Crippen LogP contribution >= 0.6 is 45.7 Å². The van der Waals surface area contributed by atoms with E-state index in [1.54, 1.807) is 7.05 Å². The van der Waals surface area contributed by atoms with Crippen molar-refractivity contribution in [3.8, 4) is 0 Å². The van der Waals surface area contributed by atoms with Crippen LogP contribution in [0.15, 0.2) is 34.2 Å². The number of carbonyl (C=O) groups is 1. The summed E-state index contributed by atoms with van der Waals surface area (Å²) in [7, 11) is 1.70. The van der Waals surface area contributed by atoms with Crippen molar-refractivity contribution in [1.82, 2.24) is 9.55 Å². The van der Waals surface area contributed by atoms with Crippen molar-refractivity contribution in [3.05, 3.63) is 48.6 Å². The number of aryl methyl sites for hydroxylation is 2. The number of halogens is 1. The number of hydrogen-bond acceptors (Lipinski definition) is 5. The lowest BCUT2D eigenvalue weighted by molar-refractivity contribution is -0.113. The summed E-state index contributed by atoms with van der Waals surface area (Å²) in [4.78, 5) is 31.1. The number of benzene rings is 1. The predicted octanol–water partition coefficient (Wildman–Crippen LogP) is 3.95. The molecule has 3 rings (SSSR count). The zero-order valence-corrected chi connectivity index (χ0v) is 17.7. The molecule has 2 aromatic heterocycles. The molecular formula is C17H16IN3O2S2. The van der Waals surface area contributed by atoms with E-state index >= 15 is 0 Å². The van der Waals surface area contributed by atoms with Gasteiger partial charge in [0.05, 0.1) is 11.1 Å². The Morgan fingerprint density at radius 3 is 2.68 bits per heavy atom. The summed E-state index contributed by atoms with van der Waals surface area (Å²) < 4.78 is 2.63. The van der Waals surface area contributed by atoms with Crippen molar-refractivity contribution in [2.75, 3.05) is 11.1 Å². The van der Waals surface area contributed by atoms with Gasteiger partial charge in [0.15, 0.2) is 5.16 Å². The summed E-state index contributed by atoms with van der Waals surface area (Å²) in [6, 6.07) is 7.59. The highest BCUT2D eigenvalue weighted by Crippen LogP contribution is 2.28. The van der Waals surface area contributed by atoms with E-state index in [-0.39, 0.29) is 17.2 Å². The molecular weight excluding hydrogens is 469 g/mol. The molecule has 2 heterocycles. The van der Waals surface area contributed by atoms with E-state index in [9.17, 15) is 9.59 Å². The number of nitrogens with one attached hydrogen (secondary N) is 1. The van der Waals surface area contributed by atoms with Crippen LogP contribution in [-0.2, 0) is 11.8 Å². The Labute approximate surface area is 167 Å². The first-order valence-electron chi connectivity index (χ1n) is 7.51. The van der Waals surface area contributed by atoms with E-state index in [0.29, 0.717) is 10.5 Å². The molecule has 25 heavy (non-hydrogen) atoms. The summed E-state index contributed by atoms with van der Waals surface area (Å²) >= 11 is 5.00. The highest BCUT2D eigenvalue weighted by molar-refractivity contribution is 14.1. The molecule has 8 heteroatoms. The van der Waals surface area contributed by atoms with Crippen LogP contribution in [0.2, 0.25) is 0 Å². The summed E-state index contributed by atoms with van der Waals surface area (Å²) in [6.07, 6.45) is 0. The third kappa shape index (κ3) is 3.90. The number of carbonyl (C=O) groups excluding carboxylic acids is 1. The number of thioether (sulfide) groups is 1. The largest absolute Gasteiger partial charge is 0.325 e. The summed E-state index contributed by atoms with van der Waals surface area (Å²) in [5.74, 6) is 0.0697. The first kappa shape index (κ1) is 18.4. The highest BCUT2D eigenvalue weighted by Gasteiger charge is 2.15. The van der Waals surface area contributed by atoms with Crippen molar-refractivity contribution in [1.29, 1.82) is 0 Å². The second kappa shape index (κ2) is 7.46. The van der Waals surface area contributed by atoms with E-state index in [0.717, 1.165) is 24.5 Å². The van der Waals surface area contributed by atoms with Crippen molar-refractivity contribution in [2.45, 2.75) is 19.0 Å². The fraction of sp³-hybridized carbons (Fsp3) is 0.235. The van der Waals surface area contributed by atoms with Gasteiger partial charge < -0.3 is 5.32 Å². The van der Waals surface area contributed by atoms with Crippen LogP contribution in [0.4, 0.5) is 5.69 Å². The van der Waals surface area contributed by atoms with Crippen LogP contribution in [0.25, 0.3) is 10.2 Å². The van der Waals surface area contributed by atoms with Crippen molar-refractivity contribution >= 4 is 67.5 Å². The fourth-order valence-corrected chi connectivity index (χ4v) is 4.55. The van der Waals surface area contributed by atoms with Crippen LogP contribution in [0.1, 0.15) is 10.4 Å². The maximum Gasteiger partial charge on any atom is 0.262 e. The molecule has 0 fully saturated rings. The number of hydrogen-bond donors (Lipinski definition) is 1. The molecule has 0 aliphatic rings. The second-order valence-corrected chi connectivity index (χ2v) is 8.96. The molecule has 0 atom stereocenters. The zero-order valence-electron chi connectivity index (χ0n) is 13.9. The van der Waals surface area contributed by atoms with E-state index in [2.05, 4.69) is 32.9 Å². The van der Waals surface area contributed by atoms with Gasteiger partial charge in [-0.25, -0.2) is 4.98 Å². The highest BCUT2D eigenvalue weighted by atomic mass is 127. The molecule has 1 aromatic carbocycles. The Kier molecular flexibility index (Phi) is 5.49. The molecule has 0 aliphatic heterocycles. The van der Waals surface area contributed by atoms with E-state index in [1.807, 2.05) is 38.1 Å². The maximum absolute atomic E-state index is 12.6. The van der Waals surface area contributed by atoms with Gasteiger partial charge in [-0.3, -0.25) is 14.2 Å². The molecule has 0 saturated heterocycles. The molecule has 0 aliphatic carbocycles. The average Bonchev–Trinajstić information content (AvgIpc) is 2.86. The molecule has 1 amide bonds. The van der Waals surface area contributed by atoms with Gasteiger partial charge in [-0.15, -0.1) is 11.3 Å². The van der Waals surface area contributed by atoms with Gasteiger partial charge in [0.25, 0.3) is 5.56 Å². The Morgan fingerprint density at radius 2 is 2.00 bits per heavy atom. The van der Waals surface area contributed by atoms with E-state index < -0.39 is 0 Å². The molecule has 5 nitrogen and oxygen atoms in total. The molecule has 0 radical (unpaired) electrons. The van der Waals surface area contributed by atoms with Gasteiger partial charge in [-0.1, -0.05) is 11.8 Å². The second-order valence-electron chi connectivity index (χ2n) is 5.57. The Balaban J connectivity index is 1.77. The standard InChI is InChI=1S/C17H16IN3O2S2/c1-9-10(2)25-15-14(9)16(23)21(3)17(20-15)24-8-13(22)19-12-6-4-11(18)5-7-12/h4-7H,8H2,1-3H3,(H,19,22). The predicted molar refractivity (Wildman–Crippen MR) is 113 cm³/mol. The van der Waals surface area contributed by atoms with Gasteiger partial charge >= 0.3 is 0 Å². The topological polar surface area (TPSA) is 64.0 Å². The minimum Gasteiger partial charge on any atom is -0.325 e. The van der Waals surface area contributed by atoms with E-state index in [4.69, 9.17) is 0 Å². The first-order chi connectivity index (χ1) is 11.9. The number of rotatable bonds is 4. The van der Waals surface area contributed by atoms with Gasteiger partial charge in [-0.2, -0.15) is 0 Å². The number of nitrogens with zero attached hydrogens (tertiary/aromatic N) is 2. The molecule has 3 aromatic rings. The normalized spacial score (nSPS) is 11.0. The van der Waals surface area contributed by atoms with Crippen LogP contribution in [-0.4, -0.2) is 21.2 Å². The van der Waals surface area contributed by atoms with E-state index in [1.165, 1.54) is 27.7 Å². The Bertz CT molecular complexity index is 1010. The molecule has 0 spiro atoms. The molecule has 130 valence electrons. The number of fused-ring (bicyclic) bond motifs is 1. The minimum atomic E-state index is -0.126. The lowest BCUT2D eigenvalue weighted by Gasteiger charge is -2.08. The first-order valence-corrected chi connectivity index (χ1v) is 10.4. The fourth-order valence-electron chi connectivity index (χ4n) is 2.35. The Hall–Kier alpha value is -1.39. The SMILES string of the molecule is Cc1sc2nc(SCC(=O)Nc3ccc(I)cc3)n(C)c(=O)c2c1C. The summed E-state index contributed by atoms with van der Waals surface area (Å²) in [5.41, 5.74) is 1.68. The maximum atomic E-state index is 12.6. The van der Waals surface area contributed by atoms with Crippen molar-refractivity contribution in [2.24, 2.45) is 7.05 Å². The van der Waals surface area contributed by atoms with Crippen LogP contribution in [0.3, 0.4) is 0 Å². The number of aromatic nitrogens is 2. The van der Waals surface area contributed by atoms with Crippen molar-refractivity contribution < 1.29 is 4.79 Å². The van der Waals surface area contributed by atoms with Gasteiger partial charge in [0, 0.05) is 21.2 Å². The number of thiophene rings is 1. The summed E-state index contributed by atoms with van der Waals surface area (Å²) in [5, 5.41) is 4.08. The van der Waals surface area contributed by atoms with Gasteiger partial charge in [0.1, 0.15) is 4.83 Å². The number of amides is 1. The van der Waals surface area contributed by atoms with Crippen LogP contribution in [0, 0.1) is 17.4 Å². The smallest absolute Gasteiger partial charge is 0.262 e. The van der Waals surface area contributed by atoms with Crippen LogP contribution in [0.5, 0.6) is 0 Å². The molecule has 0 bridgehead atoms. The average molecular weight is 485 g/mol. The van der Waals surface area contributed by atoms with Crippen LogP contribution < -0.4 is 10.9 Å². The number of anilines is 1. The monoisotopic (exact) mass is 485 g/mol. The zero-order chi connectivity index (χ0) is 18.1. The minimum absolute atomic E-state index is 0.0626. The third-order valence-electron chi connectivity index (χ3n) is 3.83. The van der Waals surface area contributed by atoms with Crippen molar-refractivity contribution in [3.63, 3.8) is 0 Å². The molecule has 0 saturated carbocycles. The summed E-state index contributed by atoms with van der Waals surface area (Å²) in [6.45, 7) is 3.93. The lowest BCUT2D eigenvalue weighted by atomic mass is 10.2.